The second-order valence-corrected chi connectivity index (χ2v) is 7.41. The third-order valence-corrected chi connectivity index (χ3v) is 5.51. The molecule has 1 aromatic carbocycles. The fraction of sp³-hybridized carbons (Fsp3) is 0.632. The summed E-state index contributed by atoms with van der Waals surface area (Å²) in [6, 6.07) is 11.6. The largest absolute Gasteiger partial charge is 0.323 e. The van der Waals surface area contributed by atoms with Crippen LogP contribution in [0.15, 0.2) is 30.3 Å². The maximum atomic E-state index is 12.8. The van der Waals surface area contributed by atoms with Crippen LogP contribution in [-0.4, -0.2) is 85.0 Å². The van der Waals surface area contributed by atoms with Crippen molar-refractivity contribution in [3.63, 3.8) is 0 Å². The molecule has 0 bridgehead atoms. The minimum Gasteiger partial charge on any atom is -0.323 e. The normalized spacial score (nSPS) is 24.8. The van der Waals surface area contributed by atoms with Gasteiger partial charge in [-0.25, -0.2) is 4.79 Å². The molecule has 5 heteroatoms. The number of benzene rings is 1. The zero-order valence-corrected chi connectivity index (χ0v) is 15.2. The van der Waals surface area contributed by atoms with E-state index in [0.29, 0.717) is 12.1 Å². The quantitative estimate of drug-likeness (QED) is 0.845. The van der Waals surface area contributed by atoms with Gasteiger partial charge >= 0.3 is 6.03 Å². The first-order valence-corrected chi connectivity index (χ1v) is 8.99. The lowest BCUT2D eigenvalue weighted by Gasteiger charge is -2.30. The Morgan fingerprint density at radius 2 is 1.75 bits per heavy atom. The Hall–Kier alpha value is -1.59. The van der Waals surface area contributed by atoms with Crippen molar-refractivity contribution in [2.45, 2.75) is 31.5 Å². The van der Waals surface area contributed by atoms with Crippen LogP contribution in [0.4, 0.5) is 4.79 Å². The lowest BCUT2D eigenvalue weighted by Crippen LogP contribution is -2.47. The number of carbonyl (C=O) groups is 1. The number of hydrogen-bond donors (Lipinski definition) is 0. The second kappa shape index (κ2) is 7.53. The maximum Gasteiger partial charge on any atom is 0.320 e. The fourth-order valence-electron chi connectivity index (χ4n) is 3.83. The van der Waals surface area contributed by atoms with Crippen molar-refractivity contribution in [3.8, 4) is 0 Å². The van der Waals surface area contributed by atoms with Gasteiger partial charge in [0.25, 0.3) is 0 Å². The monoisotopic (exact) mass is 330 g/mol. The van der Waals surface area contributed by atoms with Gasteiger partial charge in [-0.2, -0.15) is 0 Å². The molecule has 3 rings (SSSR count). The number of likely N-dealkylation sites (N-methyl/N-ethyl adjacent to an activating group) is 2. The molecule has 0 radical (unpaired) electrons. The van der Waals surface area contributed by atoms with Crippen LogP contribution in [0.5, 0.6) is 0 Å². The fourth-order valence-corrected chi connectivity index (χ4v) is 3.83. The molecule has 2 unspecified atom stereocenters. The molecule has 132 valence electrons. The van der Waals surface area contributed by atoms with Crippen LogP contribution < -0.4 is 0 Å². The molecule has 0 aliphatic carbocycles. The number of urea groups is 1. The van der Waals surface area contributed by atoms with E-state index in [1.54, 1.807) is 0 Å². The smallest absolute Gasteiger partial charge is 0.320 e. The molecule has 0 saturated carbocycles. The summed E-state index contributed by atoms with van der Waals surface area (Å²) in [5, 5.41) is 0. The molecule has 1 aromatic rings. The Labute approximate surface area is 145 Å². The van der Waals surface area contributed by atoms with Gasteiger partial charge in [-0.1, -0.05) is 30.3 Å². The van der Waals surface area contributed by atoms with Crippen molar-refractivity contribution in [2.24, 2.45) is 0 Å². The lowest BCUT2D eigenvalue weighted by atomic mass is 10.2. The van der Waals surface area contributed by atoms with E-state index in [-0.39, 0.29) is 6.03 Å². The van der Waals surface area contributed by atoms with E-state index < -0.39 is 0 Å². The van der Waals surface area contributed by atoms with Gasteiger partial charge in [0.1, 0.15) is 0 Å². The molecule has 0 N–H and O–H groups in total. The van der Waals surface area contributed by atoms with Crippen LogP contribution in [0, 0.1) is 0 Å². The van der Waals surface area contributed by atoms with Crippen LogP contribution in [0.2, 0.25) is 0 Å². The average molecular weight is 330 g/mol. The number of carbonyl (C=O) groups excluding carboxylic acids is 1. The van der Waals surface area contributed by atoms with Crippen LogP contribution in [0.25, 0.3) is 0 Å². The Morgan fingerprint density at radius 1 is 1.04 bits per heavy atom. The van der Waals surface area contributed by atoms with Gasteiger partial charge in [-0.15, -0.1) is 0 Å². The highest BCUT2D eigenvalue weighted by Crippen LogP contribution is 2.20. The average Bonchev–Trinajstić information content (AvgIpc) is 3.24. The molecular formula is C19H30N4O. The third-order valence-electron chi connectivity index (χ3n) is 5.51. The Bertz CT molecular complexity index is 548. The zero-order chi connectivity index (χ0) is 17.1. The standard InChI is InChI=1S/C19H30N4O/c1-20(2)17-10-12-23(15-17)19(24)21(3)18-9-11-22(14-18)13-16-7-5-4-6-8-16/h4-8,17-18H,9-15H2,1-3H3. The molecule has 5 nitrogen and oxygen atoms in total. The maximum absolute atomic E-state index is 12.8. The molecule has 2 fully saturated rings. The first-order valence-electron chi connectivity index (χ1n) is 8.99. The van der Waals surface area contributed by atoms with Crippen LogP contribution in [0.1, 0.15) is 18.4 Å². The summed E-state index contributed by atoms with van der Waals surface area (Å²) in [6.45, 7) is 4.76. The number of likely N-dealkylation sites (tertiary alicyclic amines) is 2. The second-order valence-electron chi connectivity index (χ2n) is 7.41. The van der Waals surface area contributed by atoms with Crippen LogP contribution >= 0.6 is 0 Å². The van der Waals surface area contributed by atoms with Gasteiger partial charge < -0.3 is 14.7 Å². The lowest BCUT2D eigenvalue weighted by molar-refractivity contribution is 0.151. The van der Waals surface area contributed by atoms with Crippen molar-refractivity contribution in [2.75, 3.05) is 47.3 Å². The minimum atomic E-state index is 0.200. The SMILES string of the molecule is CN(C)C1CCN(C(=O)N(C)C2CCN(Cc3ccccc3)C2)C1. The van der Waals surface area contributed by atoms with Crippen molar-refractivity contribution in [3.05, 3.63) is 35.9 Å². The molecule has 0 spiro atoms. The van der Waals surface area contributed by atoms with Crippen molar-refractivity contribution in [1.29, 1.82) is 0 Å². The van der Waals surface area contributed by atoms with E-state index in [0.717, 1.165) is 45.6 Å². The summed E-state index contributed by atoms with van der Waals surface area (Å²) < 4.78 is 0. The van der Waals surface area contributed by atoms with Gasteiger partial charge in [-0.3, -0.25) is 4.90 Å². The van der Waals surface area contributed by atoms with E-state index in [4.69, 9.17) is 0 Å². The van der Waals surface area contributed by atoms with E-state index in [1.165, 1.54) is 5.56 Å². The minimum absolute atomic E-state index is 0.200. The summed E-state index contributed by atoms with van der Waals surface area (Å²) in [5.74, 6) is 0. The molecule has 2 saturated heterocycles. The topological polar surface area (TPSA) is 30.0 Å². The molecule has 24 heavy (non-hydrogen) atoms. The number of hydrogen-bond acceptors (Lipinski definition) is 3. The van der Waals surface area contributed by atoms with Crippen molar-refractivity contribution in [1.82, 2.24) is 19.6 Å². The third kappa shape index (κ3) is 3.90. The summed E-state index contributed by atoms with van der Waals surface area (Å²) in [6.07, 6.45) is 2.15. The summed E-state index contributed by atoms with van der Waals surface area (Å²) >= 11 is 0. The van der Waals surface area contributed by atoms with Gasteiger partial charge in [0, 0.05) is 51.9 Å². The number of rotatable bonds is 4. The van der Waals surface area contributed by atoms with E-state index >= 15 is 0 Å². The van der Waals surface area contributed by atoms with E-state index in [2.05, 4.69) is 54.2 Å². The molecule has 2 aliphatic rings. The predicted molar refractivity (Wildman–Crippen MR) is 96.9 cm³/mol. The molecule has 2 amide bonds. The van der Waals surface area contributed by atoms with Gasteiger partial charge in [0.15, 0.2) is 0 Å². The van der Waals surface area contributed by atoms with Crippen molar-refractivity contribution < 1.29 is 4.79 Å². The predicted octanol–water partition coefficient (Wildman–Crippen LogP) is 1.95. The molecular weight excluding hydrogens is 300 g/mol. The molecule has 0 aromatic heterocycles. The zero-order valence-electron chi connectivity index (χ0n) is 15.2. The molecule has 2 atom stereocenters. The first-order chi connectivity index (χ1) is 11.5. The first kappa shape index (κ1) is 17.2. The van der Waals surface area contributed by atoms with Crippen LogP contribution in [0.3, 0.4) is 0 Å². The Kier molecular flexibility index (Phi) is 5.41. The summed E-state index contributed by atoms with van der Waals surface area (Å²) in [7, 11) is 6.17. The Morgan fingerprint density at radius 3 is 2.42 bits per heavy atom. The summed E-state index contributed by atoms with van der Waals surface area (Å²) in [4.78, 5) is 21.5. The van der Waals surface area contributed by atoms with E-state index in [1.807, 2.05) is 16.8 Å². The van der Waals surface area contributed by atoms with Crippen LogP contribution in [-0.2, 0) is 6.54 Å². The van der Waals surface area contributed by atoms with Gasteiger partial charge in [0.2, 0.25) is 0 Å². The molecule has 2 heterocycles. The van der Waals surface area contributed by atoms with E-state index in [9.17, 15) is 4.79 Å². The number of nitrogens with zero attached hydrogens (tertiary/aromatic N) is 4. The highest BCUT2D eigenvalue weighted by Gasteiger charge is 2.34. The highest BCUT2D eigenvalue weighted by molar-refractivity contribution is 5.75. The van der Waals surface area contributed by atoms with Gasteiger partial charge in [-0.05, 0) is 32.5 Å². The molecule has 2 aliphatic heterocycles. The highest BCUT2D eigenvalue weighted by atomic mass is 16.2. The van der Waals surface area contributed by atoms with Crippen molar-refractivity contribution >= 4 is 6.03 Å². The Balaban J connectivity index is 1.51. The van der Waals surface area contributed by atoms with Gasteiger partial charge in [0.05, 0.1) is 0 Å². The number of amides is 2. The summed E-state index contributed by atoms with van der Waals surface area (Å²) in [5.41, 5.74) is 1.35.